The molecule has 1 atom stereocenters. The van der Waals surface area contributed by atoms with Crippen molar-refractivity contribution in [1.82, 2.24) is 14.7 Å². The van der Waals surface area contributed by atoms with Gasteiger partial charge in [0.25, 0.3) is 5.91 Å². The fourth-order valence-electron chi connectivity index (χ4n) is 4.06. The fourth-order valence-corrected chi connectivity index (χ4v) is 5.61. The summed E-state index contributed by atoms with van der Waals surface area (Å²) in [6.07, 6.45) is 5.44. The van der Waals surface area contributed by atoms with Crippen LogP contribution in [0.1, 0.15) is 29.8 Å². The highest BCUT2D eigenvalue weighted by atomic mass is 32.2. The highest BCUT2D eigenvalue weighted by Crippen LogP contribution is 2.46. The molecule has 1 spiro atoms. The minimum atomic E-state index is 0.0314. The molecule has 7 nitrogen and oxygen atoms in total. The second-order valence-electron chi connectivity index (χ2n) is 7.83. The lowest BCUT2D eigenvalue weighted by atomic mass is 9.92. The van der Waals surface area contributed by atoms with Gasteiger partial charge in [-0.15, -0.1) is 11.8 Å². The maximum atomic E-state index is 12.6. The second kappa shape index (κ2) is 8.51. The van der Waals surface area contributed by atoms with Crippen molar-refractivity contribution in [2.24, 2.45) is 5.92 Å². The number of nitrogens with zero attached hydrogens (tertiary/aromatic N) is 3. The van der Waals surface area contributed by atoms with Gasteiger partial charge < -0.3 is 19.1 Å². The number of amides is 1. The van der Waals surface area contributed by atoms with Gasteiger partial charge in [0.1, 0.15) is 5.69 Å². The van der Waals surface area contributed by atoms with Gasteiger partial charge in [-0.2, -0.15) is 5.10 Å². The van der Waals surface area contributed by atoms with Crippen LogP contribution in [0.2, 0.25) is 0 Å². The normalized spacial score (nSPS) is 25.1. The summed E-state index contributed by atoms with van der Waals surface area (Å²) < 4.78 is 18.6. The molecule has 3 aliphatic heterocycles. The molecule has 3 aliphatic rings. The van der Waals surface area contributed by atoms with Crippen LogP contribution >= 0.6 is 11.8 Å². The maximum Gasteiger partial charge on any atom is 0.274 e. The molecule has 0 N–H and O–H groups in total. The molecule has 1 amide bonds. The number of aromatic nitrogens is 2. The summed E-state index contributed by atoms with van der Waals surface area (Å²) in [5.74, 6) is 1.72. The Morgan fingerprint density at radius 3 is 3.00 bits per heavy atom. The number of methoxy groups -OCH3 is 1. The van der Waals surface area contributed by atoms with E-state index in [1.807, 2.05) is 22.9 Å². The smallest absolute Gasteiger partial charge is 0.274 e. The molecule has 150 valence electrons. The molecule has 4 heterocycles. The van der Waals surface area contributed by atoms with Crippen LogP contribution in [0.3, 0.4) is 0 Å². The molecule has 27 heavy (non-hydrogen) atoms. The van der Waals surface area contributed by atoms with Gasteiger partial charge in [-0.3, -0.25) is 9.48 Å². The molecule has 0 saturated carbocycles. The zero-order valence-electron chi connectivity index (χ0n) is 16.0. The molecule has 0 unspecified atom stereocenters. The lowest BCUT2D eigenvalue weighted by molar-refractivity contribution is -0.0119. The summed E-state index contributed by atoms with van der Waals surface area (Å²) in [6.45, 7) is 5.46. The predicted octanol–water partition coefficient (Wildman–Crippen LogP) is 1.67. The highest BCUT2D eigenvalue weighted by molar-refractivity contribution is 8.01. The predicted molar refractivity (Wildman–Crippen MR) is 103 cm³/mol. The highest BCUT2D eigenvalue weighted by Gasteiger charge is 2.51. The first-order valence-electron chi connectivity index (χ1n) is 9.82. The molecule has 0 aromatic carbocycles. The van der Waals surface area contributed by atoms with Gasteiger partial charge in [0.15, 0.2) is 0 Å². The van der Waals surface area contributed by atoms with Crippen LogP contribution in [0.5, 0.6) is 0 Å². The molecule has 0 radical (unpaired) electrons. The van der Waals surface area contributed by atoms with Gasteiger partial charge in [-0.05, 0) is 31.2 Å². The Kier molecular flexibility index (Phi) is 6.06. The Hall–Kier alpha value is -1.09. The van der Waals surface area contributed by atoms with E-state index in [9.17, 15) is 4.79 Å². The van der Waals surface area contributed by atoms with E-state index in [4.69, 9.17) is 14.2 Å². The van der Waals surface area contributed by atoms with E-state index >= 15 is 0 Å². The van der Waals surface area contributed by atoms with E-state index in [1.54, 1.807) is 17.9 Å². The van der Waals surface area contributed by atoms with E-state index in [-0.39, 0.29) is 10.7 Å². The third-order valence-corrected chi connectivity index (χ3v) is 7.29. The average molecular weight is 396 g/mol. The number of rotatable bonds is 7. The summed E-state index contributed by atoms with van der Waals surface area (Å²) >= 11 is 1.97. The third-order valence-electron chi connectivity index (χ3n) is 5.71. The Bertz CT molecular complexity index is 641. The summed E-state index contributed by atoms with van der Waals surface area (Å²) in [5.41, 5.74) is 0.524. The lowest BCUT2D eigenvalue weighted by Gasteiger charge is -2.47. The minimum Gasteiger partial charge on any atom is -0.383 e. The van der Waals surface area contributed by atoms with Gasteiger partial charge in [-0.1, -0.05) is 0 Å². The molecular weight excluding hydrogens is 366 g/mol. The van der Waals surface area contributed by atoms with Crippen molar-refractivity contribution in [3.63, 3.8) is 0 Å². The first-order chi connectivity index (χ1) is 13.2. The van der Waals surface area contributed by atoms with Crippen LogP contribution in [0.4, 0.5) is 0 Å². The zero-order valence-corrected chi connectivity index (χ0v) is 16.8. The quantitative estimate of drug-likeness (QED) is 0.700. The van der Waals surface area contributed by atoms with Crippen LogP contribution in [0.15, 0.2) is 12.3 Å². The van der Waals surface area contributed by atoms with E-state index in [2.05, 4.69) is 5.10 Å². The number of hydrogen-bond acceptors (Lipinski definition) is 6. The molecular formula is C19H29N3O4S. The molecule has 4 rings (SSSR count). The first kappa shape index (κ1) is 19.2. The standard InChI is InChI=1S/C19H29N3O4S/c1-24-9-6-22-5-2-17(20-22)18(23)21-13-19(14-21)10-16(12-27-19)26-11-15-3-7-25-8-4-15/h2,5,15-16H,3-4,6-14H2,1H3/t16-/m0/s1. The lowest BCUT2D eigenvalue weighted by Crippen LogP contribution is -2.60. The molecule has 3 saturated heterocycles. The molecule has 0 bridgehead atoms. The van der Waals surface area contributed by atoms with Gasteiger partial charge in [-0.25, -0.2) is 0 Å². The van der Waals surface area contributed by atoms with Crippen LogP contribution in [0.25, 0.3) is 0 Å². The summed E-state index contributed by atoms with van der Waals surface area (Å²) in [6, 6.07) is 1.80. The maximum absolute atomic E-state index is 12.6. The van der Waals surface area contributed by atoms with Gasteiger partial charge in [0.2, 0.25) is 0 Å². The Morgan fingerprint density at radius 1 is 1.41 bits per heavy atom. The van der Waals surface area contributed by atoms with Crippen molar-refractivity contribution >= 4 is 17.7 Å². The van der Waals surface area contributed by atoms with Gasteiger partial charge >= 0.3 is 0 Å². The Balaban J connectivity index is 1.21. The van der Waals surface area contributed by atoms with E-state index in [0.29, 0.717) is 30.9 Å². The van der Waals surface area contributed by atoms with Crippen LogP contribution in [-0.2, 0) is 20.8 Å². The zero-order chi connectivity index (χ0) is 18.7. The van der Waals surface area contributed by atoms with E-state index in [0.717, 1.165) is 57.9 Å². The Morgan fingerprint density at radius 2 is 2.22 bits per heavy atom. The summed E-state index contributed by atoms with van der Waals surface area (Å²) in [7, 11) is 1.66. The topological polar surface area (TPSA) is 65.8 Å². The number of hydrogen-bond donors (Lipinski definition) is 0. The van der Waals surface area contributed by atoms with Crippen molar-refractivity contribution in [2.75, 3.05) is 52.4 Å². The number of carbonyl (C=O) groups is 1. The SMILES string of the molecule is COCCn1ccc(C(=O)N2CC3(C[C@H](OCC4CCOCC4)CS3)C2)n1. The van der Waals surface area contributed by atoms with Crippen molar-refractivity contribution < 1.29 is 19.0 Å². The molecule has 1 aromatic rings. The first-order valence-corrected chi connectivity index (χ1v) is 10.8. The molecule has 3 fully saturated rings. The minimum absolute atomic E-state index is 0.0314. The third kappa shape index (κ3) is 4.50. The monoisotopic (exact) mass is 395 g/mol. The molecule has 1 aromatic heterocycles. The van der Waals surface area contributed by atoms with Crippen molar-refractivity contribution in [1.29, 1.82) is 0 Å². The fraction of sp³-hybridized carbons (Fsp3) is 0.789. The largest absolute Gasteiger partial charge is 0.383 e. The molecule has 0 aliphatic carbocycles. The van der Waals surface area contributed by atoms with E-state index in [1.165, 1.54) is 0 Å². The molecule has 8 heteroatoms. The van der Waals surface area contributed by atoms with Crippen LogP contribution in [-0.4, -0.2) is 83.8 Å². The number of carbonyl (C=O) groups excluding carboxylic acids is 1. The number of likely N-dealkylation sites (tertiary alicyclic amines) is 1. The number of thioether (sulfide) groups is 1. The summed E-state index contributed by atoms with van der Waals surface area (Å²) in [4.78, 5) is 14.5. The number of ether oxygens (including phenoxy) is 3. The average Bonchev–Trinajstić information content (AvgIpc) is 3.31. The van der Waals surface area contributed by atoms with Crippen molar-refractivity contribution in [3.05, 3.63) is 18.0 Å². The Labute approximate surface area is 164 Å². The van der Waals surface area contributed by atoms with Crippen molar-refractivity contribution in [2.45, 2.75) is 36.7 Å². The second-order valence-corrected chi connectivity index (χ2v) is 9.32. The van der Waals surface area contributed by atoms with Gasteiger partial charge in [0.05, 0.1) is 24.0 Å². The van der Waals surface area contributed by atoms with Crippen molar-refractivity contribution in [3.8, 4) is 0 Å². The van der Waals surface area contributed by atoms with Crippen LogP contribution < -0.4 is 0 Å². The summed E-state index contributed by atoms with van der Waals surface area (Å²) in [5, 5.41) is 4.37. The van der Waals surface area contributed by atoms with E-state index < -0.39 is 0 Å². The van der Waals surface area contributed by atoms with Gasteiger partial charge in [0, 0.05) is 52.0 Å². The van der Waals surface area contributed by atoms with Crippen LogP contribution in [0, 0.1) is 5.92 Å².